The maximum Gasteiger partial charge on any atom is 0.188 e. The molecule has 0 aliphatic rings. The molecule has 20 heavy (non-hydrogen) atoms. The smallest absolute Gasteiger partial charge is 0.188 e. The summed E-state index contributed by atoms with van der Waals surface area (Å²) in [7, 11) is 3.02. The van der Waals surface area contributed by atoms with E-state index in [1.807, 2.05) is 0 Å². The molecule has 0 N–H and O–H groups in total. The van der Waals surface area contributed by atoms with Gasteiger partial charge in [-0.15, -0.1) is 0 Å². The fourth-order valence-corrected chi connectivity index (χ4v) is 1.35. The van der Waals surface area contributed by atoms with Gasteiger partial charge in [0, 0.05) is 14.2 Å². The Labute approximate surface area is 117 Å². The monoisotopic (exact) mass is 274 g/mol. The minimum absolute atomic E-state index is 0.00764. The van der Waals surface area contributed by atoms with Crippen LogP contribution >= 0.6 is 0 Å². The van der Waals surface area contributed by atoms with Crippen LogP contribution in [0.15, 0.2) is 23.8 Å². The number of nitriles is 2. The highest BCUT2D eigenvalue weighted by Gasteiger charge is 2.07. The summed E-state index contributed by atoms with van der Waals surface area (Å²) in [5, 5.41) is 17.5. The maximum atomic E-state index is 8.74. The number of hydrogen-bond acceptors (Lipinski definition) is 6. The molecule has 0 radical (unpaired) electrons. The summed E-state index contributed by atoms with van der Waals surface area (Å²) < 4.78 is 20.4. The van der Waals surface area contributed by atoms with E-state index in [4.69, 9.17) is 29.5 Å². The molecule has 0 aliphatic heterocycles. The molecule has 0 unspecified atom stereocenters. The molecule has 0 aliphatic carbocycles. The topological polar surface area (TPSA) is 84.5 Å². The molecule has 0 heterocycles. The SMILES string of the molecule is COCOc1ccc(C=C(C#N)C#N)cc1OCOC. The minimum Gasteiger partial charge on any atom is -0.464 e. The Morgan fingerprint density at radius 1 is 1.05 bits per heavy atom. The number of allylic oxidation sites excluding steroid dienone is 1. The predicted octanol–water partition coefficient (Wildman–Crippen LogP) is 2.08. The molecule has 0 fully saturated rings. The number of methoxy groups -OCH3 is 2. The van der Waals surface area contributed by atoms with E-state index in [-0.39, 0.29) is 19.2 Å². The van der Waals surface area contributed by atoms with Crippen LogP contribution in [-0.4, -0.2) is 27.8 Å². The molecular formula is C14H14N2O4. The van der Waals surface area contributed by atoms with E-state index in [0.717, 1.165) is 0 Å². The molecular weight excluding hydrogens is 260 g/mol. The Morgan fingerprint density at radius 3 is 2.20 bits per heavy atom. The van der Waals surface area contributed by atoms with Crippen LogP contribution in [0.1, 0.15) is 5.56 Å². The van der Waals surface area contributed by atoms with Crippen molar-refractivity contribution in [3.8, 4) is 23.6 Å². The molecule has 1 aromatic carbocycles. The van der Waals surface area contributed by atoms with E-state index in [2.05, 4.69) is 0 Å². The van der Waals surface area contributed by atoms with Crippen molar-refractivity contribution in [1.82, 2.24) is 0 Å². The predicted molar refractivity (Wildman–Crippen MR) is 70.7 cm³/mol. The molecule has 0 atom stereocenters. The van der Waals surface area contributed by atoms with Crippen molar-refractivity contribution < 1.29 is 18.9 Å². The second-order valence-corrected chi connectivity index (χ2v) is 3.59. The summed E-state index contributed by atoms with van der Waals surface area (Å²) in [4.78, 5) is 0. The zero-order valence-electron chi connectivity index (χ0n) is 11.3. The van der Waals surface area contributed by atoms with Crippen molar-refractivity contribution in [2.45, 2.75) is 0 Å². The highest BCUT2D eigenvalue weighted by molar-refractivity contribution is 5.64. The zero-order chi connectivity index (χ0) is 14.8. The van der Waals surface area contributed by atoms with Crippen LogP contribution in [-0.2, 0) is 9.47 Å². The first-order chi connectivity index (χ1) is 9.74. The van der Waals surface area contributed by atoms with E-state index in [0.29, 0.717) is 17.1 Å². The average molecular weight is 274 g/mol. The lowest BCUT2D eigenvalue weighted by Crippen LogP contribution is -2.04. The van der Waals surface area contributed by atoms with Crippen LogP contribution in [0.2, 0.25) is 0 Å². The third-order valence-electron chi connectivity index (χ3n) is 2.18. The zero-order valence-corrected chi connectivity index (χ0v) is 11.3. The van der Waals surface area contributed by atoms with E-state index < -0.39 is 0 Å². The van der Waals surface area contributed by atoms with Crippen molar-refractivity contribution in [1.29, 1.82) is 10.5 Å². The summed E-state index contributed by atoms with van der Waals surface area (Å²) in [5.41, 5.74) is 0.659. The minimum atomic E-state index is 0.00764. The fourth-order valence-electron chi connectivity index (χ4n) is 1.35. The highest BCUT2D eigenvalue weighted by Crippen LogP contribution is 2.29. The summed E-state index contributed by atoms with van der Waals surface area (Å²) >= 11 is 0. The number of ether oxygens (including phenoxy) is 4. The van der Waals surface area contributed by atoms with Crippen LogP contribution in [0.5, 0.6) is 11.5 Å². The number of rotatable bonds is 7. The Morgan fingerprint density at radius 2 is 1.65 bits per heavy atom. The lowest BCUT2D eigenvalue weighted by Gasteiger charge is -2.12. The largest absolute Gasteiger partial charge is 0.464 e. The first kappa shape index (κ1) is 15.5. The summed E-state index contributed by atoms with van der Waals surface area (Å²) in [6.45, 7) is 0.139. The number of benzene rings is 1. The molecule has 0 saturated carbocycles. The molecule has 6 nitrogen and oxygen atoms in total. The van der Waals surface area contributed by atoms with Gasteiger partial charge >= 0.3 is 0 Å². The highest BCUT2D eigenvalue weighted by atomic mass is 16.7. The van der Waals surface area contributed by atoms with Crippen LogP contribution < -0.4 is 9.47 Å². The van der Waals surface area contributed by atoms with Gasteiger partial charge in [0.1, 0.15) is 17.7 Å². The molecule has 0 saturated heterocycles. The van der Waals surface area contributed by atoms with Gasteiger partial charge in [-0.3, -0.25) is 0 Å². The van der Waals surface area contributed by atoms with Gasteiger partial charge in [0.25, 0.3) is 0 Å². The molecule has 0 bridgehead atoms. The average Bonchev–Trinajstić information content (AvgIpc) is 2.49. The first-order valence-corrected chi connectivity index (χ1v) is 5.64. The Hall–Kier alpha value is -2.54. The lowest BCUT2D eigenvalue weighted by molar-refractivity contribution is 0.0322. The van der Waals surface area contributed by atoms with Crippen molar-refractivity contribution in [2.24, 2.45) is 0 Å². The number of hydrogen-bond donors (Lipinski definition) is 0. The fraction of sp³-hybridized carbons (Fsp3) is 0.286. The molecule has 0 aromatic heterocycles. The van der Waals surface area contributed by atoms with Crippen molar-refractivity contribution in [3.63, 3.8) is 0 Å². The second-order valence-electron chi connectivity index (χ2n) is 3.59. The number of nitrogens with zero attached hydrogens (tertiary/aromatic N) is 2. The molecule has 0 amide bonds. The van der Waals surface area contributed by atoms with E-state index in [1.165, 1.54) is 20.3 Å². The summed E-state index contributed by atoms with van der Waals surface area (Å²) in [5.74, 6) is 0.921. The Bertz CT molecular complexity index is 539. The van der Waals surface area contributed by atoms with Gasteiger partial charge in [-0.05, 0) is 23.8 Å². The van der Waals surface area contributed by atoms with Crippen LogP contribution in [0.25, 0.3) is 6.08 Å². The molecule has 104 valence electrons. The van der Waals surface area contributed by atoms with Crippen LogP contribution in [0, 0.1) is 22.7 Å². The second kappa shape index (κ2) is 8.54. The summed E-state index contributed by atoms with van der Waals surface area (Å²) in [6, 6.07) is 8.62. The molecule has 1 rings (SSSR count). The van der Waals surface area contributed by atoms with Gasteiger partial charge in [0.15, 0.2) is 25.1 Å². The Balaban J connectivity index is 3.04. The molecule has 1 aromatic rings. The summed E-state index contributed by atoms with van der Waals surface area (Å²) in [6.07, 6.45) is 1.46. The van der Waals surface area contributed by atoms with Gasteiger partial charge in [-0.1, -0.05) is 6.07 Å². The first-order valence-electron chi connectivity index (χ1n) is 5.64. The molecule has 0 spiro atoms. The quantitative estimate of drug-likeness (QED) is 0.559. The van der Waals surface area contributed by atoms with Crippen molar-refractivity contribution in [2.75, 3.05) is 27.8 Å². The van der Waals surface area contributed by atoms with Crippen LogP contribution in [0.4, 0.5) is 0 Å². The normalized spacial score (nSPS) is 9.20. The van der Waals surface area contributed by atoms with E-state index >= 15 is 0 Å². The van der Waals surface area contributed by atoms with Crippen molar-refractivity contribution >= 4 is 6.08 Å². The van der Waals surface area contributed by atoms with E-state index in [1.54, 1.807) is 30.3 Å². The van der Waals surface area contributed by atoms with Gasteiger partial charge < -0.3 is 18.9 Å². The third kappa shape index (κ3) is 4.62. The van der Waals surface area contributed by atoms with Crippen molar-refractivity contribution in [3.05, 3.63) is 29.3 Å². The lowest BCUT2D eigenvalue weighted by atomic mass is 10.1. The van der Waals surface area contributed by atoms with Gasteiger partial charge in [0.2, 0.25) is 0 Å². The Kier molecular flexibility index (Phi) is 6.63. The standard InChI is InChI=1S/C14H14N2O4/c1-17-9-19-13-4-3-11(5-12(7-15)8-16)6-14(13)20-10-18-2/h3-6H,9-10H2,1-2H3. The maximum absolute atomic E-state index is 8.74. The van der Waals surface area contributed by atoms with Gasteiger partial charge in [0.05, 0.1) is 0 Å². The third-order valence-corrected chi connectivity index (χ3v) is 2.18. The molecule has 6 heteroatoms. The van der Waals surface area contributed by atoms with Gasteiger partial charge in [-0.2, -0.15) is 10.5 Å². The van der Waals surface area contributed by atoms with E-state index in [9.17, 15) is 0 Å². The van der Waals surface area contributed by atoms with Crippen LogP contribution in [0.3, 0.4) is 0 Å². The van der Waals surface area contributed by atoms with Gasteiger partial charge in [-0.25, -0.2) is 0 Å².